The van der Waals surface area contributed by atoms with Crippen LogP contribution in [0, 0.1) is 0 Å². The maximum atomic E-state index is 5.23. The first-order valence-electron chi connectivity index (χ1n) is 12.0. The van der Waals surface area contributed by atoms with Gasteiger partial charge >= 0.3 is 0 Å². The van der Waals surface area contributed by atoms with E-state index in [1.165, 1.54) is 35.9 Å². The number of pyridine rings is 1. The second-order valence-corrected chi connectivity index (χ2v) is 13.0. The van der Waals surface area contributed by atoms with Crippen molar-refractivity contribution >= 4 is 27.6 Å². The van der Waals surface area contributed by atoms with Crippen molar-refractivity contribution in [1.82, 2.24) is 19.4 Å². The topological polar surface area (TPSA) is 43.1 Å². The zero-order valence-electron chi connectivity index (χ0n) is 20.7. The van der Waals surface area contributed by atoms with Crippen LogP contribution in [0.4, 0.5) is 0 Å². The lowest BCUT2D eigenvalue weighted by molar-refractivity contribution is 0.484. The Morgan fingerprint density at radius 2 is 1.47 bits per heavy atom. The van der Waals surface area contributed by atoms with Crippen molar-refractivity contribution in [2.24, 2.45) is 0 Å². The molecule has 1 fully saturated rings. The predicted octanol–water partition coefficient (Wildman–Crippen LogP) is 6.74. The standard InChI is InChI=1S/C28H34N4/c1-25(2,3)22-13-19-16(14-29-22)23-30-20-11-17-18(28(8)10-9-27(17,7)15-28)12-21(20)32(23)24(31-19)26(4,5)6/h11-14H,9-10,15H2,1-8H3. The Bertz CT molecular complexity index is 1450. The van der Waals surface area contributed by atoms with Crippen LogP contribution in [0.25, 0.3) is 27.6 Å². The molecule has 32 heavy (non-hydrogen) atoms. The number of hydrogen-bond donors (Lipinski definition) is 0. The molecule has 0 radical (unpaired) electrons. The van der Waals surface area contributed by atoms with Gasteiger partial charge in [0.1, 0.15) is 11.5 Å². The SMILES string of the molecule is CC(C)(C)c1cc2nc(C(C)(C)C)n3c4cc5c(cc4nc3c2cn1)C1(C)CCC5(C)C1. The van der Waals surface area contributed by atoms with Crippen molar-refractivity contribution in [3.63, 3.8) is 0 Å². The van der Waals surface area contributed by atoms with Gasteiger partial charge in [-0.05, 0) is 59.4 Å². The van der Waals surface area contributed by atoms with Gasteiger partial charge in [0.15, 0.2) is 0 Å². The lowest BCUT2D eigenvalue weighted by Gasteiger charge is -2.27. The molecule has 0 spiro atoms. The molecular formula is C28H34N4. The zero-order chi connectivity index (χ0) is 22.8. The van der Waals surface area contributed by atoms with Crippen molar-refractivity contribution in [3.8, 4) is 0 Å². The van der Waals surface area contributed by atoms with Gasteiger partial charge in [-0.1, -0.05) is 55.4 Å². The summed E-state index contributed by atoms with van der Waals surface area (Å²) in [6, 6.07) is 6.98. The van der Waals surface area contributed by atoms with E-state index in [9.17, 15) is 0 Å². The molecule has 0 N–H and O–H groups in total. The molecule has 1 aromatic carbocycles. The van der Waals surface area contributed by atoms with Gasteiger partial charge in [0.25, 0.3) is 0 Å². The Kier molecular flexibility index (Phi) is 3.59. The van der Waals surface area contributed by atoms with Crippen molar-refractivity contribution in [3.05, 3.63) is 47.0 Å². The normalized spacial score (nSPS) is 25.4. The third-order valence-corrected chi connectivity index (χ3v) is 8.10. The van der Waals surface area contributed by atoms with Gasteiger partial charge < -0.3 is 0 Å². The van der Waals surface area contributed by atoms with Gasteiger partial charge in [-0.2, -0.15) is 0 Å². The quantitative estimate of drug-likeness (QED) is 0.313. The van der Waals surface area contributed by atoms with Crippen LogP contribution in [-0.2, 0) is 21.7 Å². The smallest absolute Gasteiger partial charge is 0.150 e. The molecule has 1 saturated carbocycles. The Morgan fingerprint density at radius 1 is 0.812 bits per heavy atom. The van der Waals surface area contributed by atoms with Crippen molar-refractivity contribution in [1.29, 1.82) is 0 Å². The summed E-state index contributed by atoms with van der Waals surface area (Å²) in [6.07, 6.45) is 5.81. The number of fused-ring (bicyclic) bond motifs is 10. The summed E-state index contributed by atoms with van der Waals surface area (Å²) >= 11 is 0. The van der Waals surface area contributed by atoms with Crippen LogP contribution in [0.3, 0.4) is 0 Å². The molecule has 0 saturated heterocycles. The third-order valence-electron chi connectivity index (χ3n) is 8.10. The summed E-state index contributed by atoms with van der Waals surface area (Å²) in [5.74, 6) is 1.06. The van der Waals surface area contributed by atoms with Gasteiger partial charge in [-0.25, -0.2) is 9.97 Å². The molecule has 6 rings (SSSR count). The van der Waals surface area contributed by atoms with E-state index in [2.05, 4.69) is 78.0 Å². The van der Waals surface area contributed by atoms with Crippen molar-refractivity contribution in [2.45, 2.75) is 96.3 Å². The monoisotopic (exact) mass is 426 g/mol. The average molecular weight is 427 g/mol. The number of nitrogens with zero attached hydrogens (tertiary/aromatic N) is 4. The van der Waals surface area contributed by atoms with Crippen LogP contribution in [0.1, 0.15) is 97.3 Å². The molecule has 4 heteroatoms. The molecule has 4 aromatic rings. The van der Waals surface area contributed by atoms with Crippen molar-refractivity contribution in [2.75, 3.05) is 0 Å². The van der Waals surface area contributed by atoms with Crippen LogP contribution < -0.4 is 0 Å². The molecule has 166 valence electrons. The summed E-state index contributed by atoms with van der Waals surface area (Å²) in [7, 11) is 0. The van der Waals surface area contributed by atoms with Gasteiger partial charge in [-0.3, -0.25) is 9.38 Å². The fraction of sp³-hybridized carbons (Fsp3) is 0.536. The lowest BCUT2D eigenvalue weighted by Crippen LogP contribution is -2.20. The fourth-order valence-corrected chi connectivity index (χ4v) is 6.35. The lowest BCUT2D eigenvalue weighted by atomic mass is 9.78. The van der Waals surface area contributed by atoms with E-state index in [0.29, 0.717) is 5.41 Å². The molecular weight excluding hydrogens is 392 g/mol. The molecule has 0 aliphatic heterocycles. The maximum absolute atomic E-state index is 5.23. The highest BCUT2D eigenvalue weighted by molar-refractivity contribution is 5.97. The van der Waals surface area contributed by atoms with Crippen LogP contribution in [-0.4, -0.2) is 19.4 Å². The van der Waals surface area contributed by atoms with Gasteiger partial charge in [0.05, 0.1) is 21.9 Å². The summed E-state index contributed by atoms with van der Waals surface area (Å²) in [5, 5.41) is 1.03. The first-order chi connectivity index (χ1) is 14.8. The molecule has 2 bridgehead atoms. The maximum Gasteiger partial charge on any atom is 0.150 e. The van der Waals surface area contributed by atoms with E-state index in [0.717, 1.165) is 33.6 Å². The third kappa shape index (κ3) is 2.52. The Morgan fingerprint density at radius 3 is 2.09 bits per heavy atom. The van der Waals surface area contributed by atoms with E-state index < -0.39 is 0 Å². The minimum atomic E-state index is -0.112. The van der Waals surface area contributed by atoms with E-state index in [1.54, 1.807) is 0 Å². The van der Waals surface area contributed by atoms with E-state index in [-0.39, 0.29) is 16.2 Å². The van der Waals surface area contributed by atoms with Crippen LogP contribution in [0.2, 0.25) is 0 Å². The molecule has 3 aromatic heterocycles. The molecule has 2 aliphatic rings. The largest absolute Gasteiger partial charge is 0.279 e. The number of hydrogen-bond acceptors (Lipinski definition) is 3. The highest BCUT2D eigenvalue weighted by Gasteiger charge is 2.53. The number of aromatic nitrogens is 4. The molecule has 2 atom stereocenters. The van der Waals surface area contributed by atoms with E-state index in [1.807, 2.05) is 6.20 Å². The van der Waals surface area contributed by atoms with Gasteiger partial charge in [0.2, 0.25) is 0 Å². The molecule has 4 nitrogen and oxygen atoms in total. The Balaban J connectivity index is 1.75. The summed E-state index contributed by atoms with van der Waals surface area (Å²) in [6.45, 7) is 18.2. The van der Waals surface area contributed by atoms with Crippen LogP contribution in [0.5, 0.6) is 0 Å². The minimum absolute atomic E-state index is 0.0189. The summed E-state index contributed by atoms with van der Waals surface area (Å²) in [4.78, 5) is 15.2. The first-order valence-corrected chi connectivity index (χ1v) is 12.0. The summed E-state index contributed by atoms with van der Waals surface area (Å²) < 4.78 is 2.31. The second kappa shape index (κ2) is 5.70. The second-order valence-electron chi connectivity index (χ2n) is 13.0. The Hall–Kier alpha value is -2.49. The van der Waals surface area contributed by atoms with Gasteiger partial charge in [-0.15, -0.1) is 0 Å². The highest BCUT2D eigenvalue weighted by Crippen LogP contribution is 2.61. The van der Waals surface area contributed by atoms with Gasteiger partial charge in [0, 0.05) is 22.7 Å². The Labute approximate surface area is 190 Å². The van der Waals surface area contributed by atoms with Crippen LogP contribution >= 0.6 is 0 Å². The predicted molar refractivity (Wildman–Crippen MR) is 132 cm³/mol. The molecule has 3 heterocycles. The van der Waals surface area contributed by atoms with Crippen LogP contribution in [0.15, 0.2) is 24.4 Å². The highest BCUT2D eigenvalue weighted by atomic mass is 15.1. The zero-order valence-corrected chi connectivity index (χ0v) is 20.7. The first kappa shape index (κ1) is 20.1. The molecule has 0 amide bonds. The number of benzene rings is 1. The number of imidazole rings is 1. The molecule has 2 aliphatic carbocycles. The average Bonchev–Trinajstić information content (AvgIpc) is 3.29. The van der Waals surface area contributed by atoms with E-state index in [4.69, 9.17) is 15.0 Å². The summed E-state index contributed by atoms with van der Waals surface area (Å²) in [5.41, 5.74) is 8.81. The van der Waals surface area contributed by atoms with Crippen molar-refractivity contribution < 1.29 is 0 Å². The molecule has 2 unspecified atom stereocenters. The minimum Gasteiger partial charge on any atom is -0.279 e. The fourth-order valence-electron chi connectivity index (χ4n) is 6.35. The number of rotatable bonds is 0. The van der Waals surface area contributed by atoms with E-state index >= 15 is 0 Å².